The van der Waals surface area contributed by atoms with Crippen LogP contribution in [0.5, 0.6) is 0 Å². The van der Waals surface area contributed by atoms with Gasteiger partial charge in [-0.25, -0.2) is 0 Å². The minimum absolute atomic E-state index is 0.322. The maximum atomic E-state index is 12.6. The van der Waals surface area contributed by atoms with E-state index < -0.39 is 7.60 Å². The Kier molecular flexibility index (Phi) is 17.4. The third-order valence-electron chi connectivity index (χ3n) is 5.52. The molecule has 0 rings (SSSR count). The van der Waals surface area contributed by atoms with Gasteiger partial charge in [-0.15, -0.1) is 0 Å². The van der Waals surface area contributed by atoms with Crippen LogP contribution in [0, 0.1) is 0 Å². The highest BCUT2D eigenvalue weighted by molar-refractivity contribution is 7.53. The van der Waals surface area contributed by atoms with Crippen LogP contribution < -0.4 is 0 Å². The zero-order valence-electron chi connectivity index (χ0n) is 20.2. The van der Waals surface area contributed by atoms with Crippen LogP contribution in [-0.2, 0) is 9.09 Å². The van der Waals surface area contributed by atoms with E-state index in [-0.39, 0.29) is 5.78 Å². The minimum atomic E-state index is -3.59. The average Bonchev–Trinajstić information content (AvgIpc) is 2.64. The normalized spacial score (nSPS) is 15.7. The number of nitrogens with zero attached hydrogens (tertiary/aromatic N) is 1. The molecule has 0 aliphatic rings. The summed E-state index contributed by atoms with van der Waals surface area (Å²) in [6.45, 7) is 4.63. The van der Waals surface area contributed by atoms with Crippen molar-refractivity contribution in [2.45, 2.75) is 116 Å². The predicted molar refractivity (Wildman–Crippen MR) is 127 cm³/mol. The molecule has 0 bridgehead atoms. The summed E-state index contributed by atoms with van der Waals surface area (Å²) in [5.41, 5.74) is 0. The van der Waals surface area contributed by atoms with Gasteiger partial charge in [-0.1, -0.05) is 90.2 Å². The Labute approximate surface area is 182 Å². The fourth-order valence-corrected chi connectivity index (χ4v) is 5.75. The van der Waals surface area contributed by atoms with Crippen molar-refractivity contribution in [2.24, 2.45) is 0 Å². The van der Waals surface area contributed by atoms with E-state index >= 15 is 0 Å². The van der Waals surface area contributed by atoms with Crippen molar-refractivity contribution in [3.63, 3.8) is 0 Å². The van der Waals surface area contributed by atoms with Gasteiger partial charge in [0.05, 0.1) is 27.7 Å². The van der Waals surface area contributed by atoms with E-state index in [4.69, 9.17) is 4.52 Å². The molecule has 2 unspecified atom stereocenters. The maximum absolute atomic E-state index is 12.6. The highest BCUT2D eigenvalue weighted by atomic mass is 31.2. The lowest BCUT2D eigenvalue weighted by Gasteiger charge is -2.35. The summed E-state index contributed by atoms with van der Waals surface area (Å²) in [4.78, 5) is 10.3. The molecule has 5 heteroatoms. The molecule has 0 aromatic carbocycles. The van der Waals surface area contributed by atoms with Gasteiger partial charge in [0.25, 0.3) is 0 Å². The SMILES string of the molecule is CCCCCCCCCCCCC/C=C\CCOP(=O)(O)C(CCC)[N+](C)(C)C. The van der Waals surface area contributed by atoms with Gasteiger partial charge in [0, 0.05) is 6.42 Å². The smallest absolute Gasteiger partial charge is 0.320 e. The fraction of sp³-hybridized carbons (Fsp3) is 0.917. The summed E-state index contributed by atoms with van der Waals surface area (Å²) >= 11 is 0. The molecule has 0 radical (unpaired) electrons. The van der Waals surface area contributed by atoms with Gasteiger partial charge < -0.3 is 13.9 Å². The van der Waals surface area contributed by atoms with E-state index in [1.54, 1.807) is 0 Å². The monoisotopic (exact) mass is 432 g/mol. The first-order valence-corrected chi connectivity index (χ1v) is 13.8. The molecule has 0 heterocycles. The Morgan fingerprint density at radius 2 is 1.28 bits per heavy atom. The lowest BCUT2D eigenvalue weighted by Crippen LogP contribution is -2.45. The van der Waals surface area contributed by atoms with Gasteiger partial charge in [-0.2, -0.15) is 0 Å². The summed E-state index contributed by atoms with van der Waals surface area (Å²) in [7, 11) is 2.28. The molecule has 0 spiro atoms. The Morgan fingerprint density at radius 3 is 1.76 bits per heavy atom. The molecule has 4 nitrogen and oxygen atoms in total. The Hall–Kier alpha value is -0.150. The van der Waals surface area contributed by atoms with E-state index in [2.05, 4.69) is 19.1 Å². The van der Waals surface area contributed by atoms with Gasteiger partial charge in [0.2, 0.25) is 0 Å². The van der Waals surface area contributed by atoms with Crippen molar-refractivity contribution in [1.29, 1.82) is 0 Å². The third-order valence-corrected chi connectivity index (χ3v) is 7.78. The topological polar surface area (TPSA) is 46.5 Å². The van der Waals surface area contributed by atoms with Gasteiger partial charge in [-0.3, -0.25) is 4.57 Å². The standard InChI is InChI=1S/C24H50NO3P/c1-6-8-9-10-11-12-13-14-15-16-17-18-19-20-21-23-28-29(26,27)24(22-7-2)25(3,4)5/h19-20,24H,6-18,21-23H2,1-5H3/p+1/b20-19-. The first kappa shape index (κ1) is 28.9. The molecule has 29 heavy (non-hydrogen) atoms. The molecule has 1 N–H and O–H groups in total. The van der Waals surface area contributed by atoms with Crippen molar-refractivity contribution in [1.82, 2.24) is 0 Å². The van der Waals surface area contributed by atoms with Crippen LogP contribution in [0.2, 0.25) is 0 Å². The first-order valence-electron chi connectivity index (χ1n) is 12.2. The second-order valence-electron chi connectivity index (χ2n) is 9.37. The fourth-order valence-electron chi connectivity index (χ4n) is 3.75. The largest absolute Gasteiger partial charge is 0.385 e. The molecule has 0 saturated heterocycles. The Bertz CT molecular complexity index is 446. The Balaban J connectivity index is 3.68. The van der Waals surface area contributed by atoms with Crippen molar-refractivity contribution < 1.29 is 18.5 Å². The quantitative estimate of drug-likeness (QED) is 0.0929. The van der Waals surface area contributed by atoms with Crippen LogP contribution in [0.15, 0.2) is 12.2 Å². The molecule has 0 aliphatic heterocycles. The van der Waals surface area contributed by atoms with E-state index in [0.717, 1.165) is 12.8 Å². The summed E-state index contributed by atoms with van der Waals surface area (Å²) in [5.74, 6) is -0.354. The van der Waals surface area contributed by atoms with Crippen LogP contribution in [-0.4, -0.2) is 42.9 Å². The van der Waals surface area contributed by atoms with Crippen molar-refractivity contribution in [2.75, 3.05) is 27.7 Å². The summed E-state index contributed by atoms with van der Waals surface area (Å²) in [6, 6.07) is 0. The molecule has 0 fully saturated rings. The average molecular weight is 433 g/mol. The van der Waals surface area contributed by atoms with E-state index in [9.17, 15) is 9.46 Å². The number of quaternary nitrogens is 1. The van der Waals surface area contributed by atoms with Gasteiger partial charge in [0.1, 0.15) is 0 Å². The third kappa shape index (κ3) is 16.2. The Morgan fingerprint density at radius 1 is 0.793 bits per heavy atom. The number of allylic oxidation sites excluding steroid dienone is 1. The molecule has 0 aromatic rings. The summed E-state index contributed by atoms with van der Waals surface area (Å²) in [5, 5.41) is 0. The summed E-state index contributed by atoms with van der Waals surface area (Å²) in [6.07, 6.45) is 22.7. The highest BCUT2D eigenvalue weighted by Gasteiger charge is 2.41. The second-order valence-corrected chi connectivity index (χ2v) is 11.3. The van der Waals surface area contributed by atoms with Crippen LogP contribution in [0.1, 0.15) is 110 Å². The second kappa shape index (κ2) is 17.5. The minimum Gasteiger partial charge on any atom is -0.320 e. The van der Waals surface area contributed by atoms with Gasteiger partial charge in [0.15, 0.2) is 5.78 Å². The molecular formula is C24H51NO3P+. The van der Waals surface area contributed by atoms with Gasteiger partial charge in [-0.05, 0) is 25.7 Å². The van der Waals surface area contributed by atoms with Crippen LogP contribution in [0.25, 0.3) is 0 Å². The molecule has 174 valence electrons. The first-order chi connectivity index (χ1) is 13.8. The molecule has 0 amide bonds. The molecule has 0 aliphatic carbocycles. The molecule has 2 atom stereocenters. The zero-order valence-corrected chi connectivity index (χ0v) is 21.1. The van der Waals surface area contributed by atoms with E-state index in [1.165, 1.54) is 70.6 Å². The predicted octanol–water partition coefficient (Wildman–Crippen LogP) is 7.67. The van der Waals surface area contributed by atoms with Crippen molar-refractivity contribution >= 4 is 7.60 Å². The lowest BCUT2D eigenvalue weighted by atomic mass is 10.1. The highest BCUT2D eigenvalue weighted by Crippen LogP contribution is 2.51. The van der Waals surface area contributed by atoms with Crippen LogP contribution >= 0.6 is 7.60 Å². The summed E-state index contributed by atoms with van der Waals surface area (Å²) < 4.78 is 18.5. The van der Waals surface area contributed by atoms with Crippen molar-refractivity contribution in [3.05, 3.63) is 12.2 Å². The van der Waals surface area contributed by atoms with Crippen LogP contribution in [0.3, 0.4) is 0 Å². The lowest BCUT2D eigenvalue weighted by molar-refractivity contribution is -0.883. The number of rotatable bonds is 20. The molecule has 0 aromatic heterocycles. The van der Waals surface area contributed by atoms with Crippen molar-refractivity contribution in [3.8, 4) is 0 Å². The molecular weight excluding hydrogens is 381 g/mol. The van der Waals surface area contributed by atoms with E-state index in [0.29, 0.717) is 23.9 Å². The number of hydrogen-bond acceptors (Lipinski definition) is 2. The number of hydrogen-bond donors (Lipinski definition) is 1. The van der Waals surface area contributed by atoms with E-state index in [1.807, 2.05) is 28.1 Å². The zero-order chi connectivity index (χ0) is 22.0. The molecule has 0 saturated carbocycles. The maximum Gasteiger partial charge on any atom is 0.385 e. The van der Waals surface area contributed by atoms with Gasteiger partial charge >= 0.3 is 7.60 Å². The number of unbranched alkanes of at least 4 members (excludes halogenated alkanes) is 11. The van der Waals surface area contributed by atoms with Crippen LogP contribution in [0.4, 0.5) is 0 Å².